The molecule has 2 aromatic heterocycles. The van der Waals surface area contributed by atoms with Crippen LogP contribution in [0.25, 0.3) is 22.9 Å². The van der Waals surface area contributed by atoms with Crippen molar-refractivity contribution >= 4 is 45.4 Å². The van der Waals surface area contributed by atoms with Gasteiger partial charge in [-0.2, -0.15) is 5.26 Å². The summed E-state index contributed by atoms with van der Waals surface area (Å²) in [6.07, 6.45) is 1.71. The minimum Gasteiger partial charge on any atom is -0.289 e. The van der Waals surface area contributed by atoms with Crippen molar-refractivity contribution in [3.8, 4) is 17.3 Å². The highest BCUT2D eigenvalue weighted by Crippen LogP contribution is 2.28. The lowest BCUT2D eigenvalue weighted by Gasteiger charge is -2.14. The Morgan fingerprint density at radius 1 is 1.23 bits per heavy atom. The second-order valence-electron chi connectivity index (χ2n) is 5.39. The first-order valence-electron chi connectivity index (χ1n) is 7.99. The van der Waals surface area contributed by atoms with Crippen LogP contribution >= 0.6 is 22.7 Å². The molecule has 26 heavy (non-hydrogen) atoms. The summed E-state index contributed by atoms with van der Waals surface area (Å²) in [5, 5.41) is 14.6. The monoisotopic (exact) mass is 380 g/mol. The van der Waals surface area contributed by atoms with Crippen LogP contribution in [0.2, 0.25) is 0 Å². The van der Waals surface area contributed by atoms with Gasteiger partial charge in [-0.15, -0.1) is 22.7 Å². The van der Waals surface area contributed by atoms with Crippen LogP contribution in [0.5, 0.6) is 0 Å². The first kappa shape index (κ1) is 18.0. The fraction of sp³-hybridized carbons (Fsp3) is 0.158. The molecule has 2 heterocycles. The molecule has 3 rings (SSSR count). The Morgan fingerprint density at radius 2 is 2.00 bits per heavy atom. The lowest BCUT2D eigenvalue weighted by atomic mass is 10.2. The number of nitriles is 1. The third-order valence-corrected chi connectivity index (χ3v) is 5.41. The van der Waals surface area contributed by atoms with E-state index >= 15 is 0 Å². The molecule has 0 spiro atoms. The van der Waals surface area contributed by atoms with Crippen LogP contribution in [-0.4, -0.2) is 22.4 Å². The average Bonchev–Trinajstić information content (AvgIpc) is 3.30. The van der Waals surface area contributed by atoms with Crippen molar-refractivity contribution in [3.05, 3.63) is 51.8 Å². The van der Waals surface area contributed by atoms with E-state index < -0.39 is 0 Å². The van der Waals surface area contributed by atoms with Gasteiger partial charge in [0.1, 0.15) is 11.1 Å². The van der Waals surface area contributed by atoms with Crippen LogP contribution < -0.4 is 4.90 Å². The predicted octanol–water partition coefficient (Wildman–Crippen LogP) is 4.70. The van der Waals surface area contributed by atoms with E-state index in [0.717, 1.165) is 11.3 Å². The molecule has 0 saturated carbocycles. The van der Waals surface area contributed by atoms with Crippen LogP contribution in [0, 0.1) is 11.3 Å². The number of aromatic nitrogens is 2. The van der Waals surface area contributed by atoms with Crippen molar-refractivity contribution in [1.29, 1.82) is 5.26 Å². The maximum absolute atomic E-state index is 11.6. The van der Waals surface area contributed by atoms with Gasteiger partial charge in [0.2, 0.25) is 5.91 Å². The number of allylic oxidation sites excluding steroid dienone is 1. The van der Waals surface area contributed by atoms with Gasteiger partial charge in [-0.1, -0.05) is 30.3 Å². The highest BCUT2D eigenvalue weighted by atomic mass is 32.1. The van der Waals surface area contributed by atoms with Crippen molar-refractivity contribution < 1.29 is 4.79 Å². The molecule has 7 heteroatoms. The van der Waals surface area contributed by atoms with Crippen LogP contribution in [-0.2, 0) is 4.79 Å². The molecule has 0 radical (unpaired) electrons. The highest BCUT2D eigenvalue weighted by molar-refractivity contribution is 7.14. The number of amides is 1. The number of carbonyl (C=O) groups is 1. The van der Waals surface area contributed by atoms with Crippen LogP contribution in [0.3, 0.4) is 0 Å². The first-order chi connectivity index (χ1) is 12.6. The number of nitrogens with zero attached hydrogens (tertiary/aromatic N) is 4. The first-order valence-corrected chi connectivity index (χ1v) is 9.75. The zero-order chi connectivity index (χ0) is 18.5. The molecule has 0 aliphatic carbocycles. The fourth-order valence-corrected chi connectivity index (χ4v) is 4.07. The van der Waals surface area contributed by atoms with Crippen molar-refractivity contribution in [2.75, 3.05) is 11.4 Å². The Morgan fingerprint density at radius 3 is 2.65 bits per heavy atom. The summed E-state index contributed by atoms with van der Waals surface area (Å²) in [7, 11) is 0. The standard InChI is InChI=1S/C19H16N4OS2/c1-3-23(13(2)24)19-21-16(11-26-19)9-15(10-20)18-22-17(12-25-18)14-7-5-4-6-8-14/h4-9,11-12H,3H2,1-2H3/b15-9+. The topological polar surface area (TPSA) is 69.9 Å². The van der Waals surface area contributed by atoms with E-state index in [-0.39, 0.29) is 5.91 Å². The molecule has 1 aromatic carbocycles. The van der Waals surface area contributed by atoms with Crippen molar-refractivity contribution in [1.82, 2.24) is 9.97 Å². The number of rotatable bonds is 5. The molecule has 0 N–H and O–H groups in total. The molecule has 130 valence electrons. The van der Waals surface area contributed by atoms with Crippen LogP contribution in [0.1, 0.15) is 24.5 Å². The Kier molecular flexibility index (Phi) is 5.56. The highest BCUT2D eigenvalue weighted by Gasteiger charge is 2.14. The number of hydrogen-bond donors (Lipinski definition) is 0. The van der Waals surface area contributed by atoms with Crippen molar-refractivity contribution in [2.45, 2.75) is 13.8 Å². The van der Waals surface area contributed by atoms with Crippen LogP contribution in [0.15, 0.2) is 41.1 Å². The van der Waals surface area contributed by atoms with Gasteiger partial charge in [-0.25, -0.2) is 9.97 Å². The second-order valence-corrected chi connectivity index (χ2v) is 7.09. The molecule has 0 unspecified atom stereocenters. The quantitative estimate of drug-likeness (QED) is 0.601. The van der Waals surface area contributed by atoms with Gasteiger partial charge in [0.15, 0.2) is 5.13 Å². The van der Waals surface area contributed by atoms with Gasteiger partial charge in [-0.3, -0.25) is 9.69 Å². The zero-order valence-corrected chi connectivity index (χ0v) is 16.0. The lowest BCUT2D eigenvalue weighted by molar-refractivity contribution is -0.116. The molecular weight excluding hydrogens is 364 g/mol. The summed E-state index contributed by atoms with van der Waals surface area (Å²) < 4.78 is 0. The Labute approximate surface area is 159 Å². The summed E-state index contributed by atoms with van der Waals surface area (Å²) in [4.78, 5) is 22.3. The second kappa shape index (κ2) is 8.04. The maximum atomic E-state index is 11.6. The fourth-order valence-electron chi connectivity index (χ4n) is 2.39. The van der Waals surface area contributed by atoms with Gasteiger partial charge >= 0.3 is 0 Å². The number of hydrogen-bond acceptors (Lipinski definition) is 6. The molecule has 0 aliphatic rings. The smallest absolute Gasteiger partial charge is 0.225 e. The Balaban J connectivity index is 1.88. The van der Waals surface area contributed by atoms with Gasteiger partial charge in [-0.05, 0) is 13.0 Å². The maximum Gasteiger partial charge on any atom is 0.225 e. The van der Waals surface area contributed by atoms with Gasteiger partial charge in [0.05, 0.1) is 17.0 Å². The largest absolute Gasteiger partial charge is 0.289 e. The number of benzene rings is 1. The zero-order valence-electron chi connectivity index (χ0n) is 14.3. The lowest BCUT2D eigenvalue weighted by Crippen LogP contribution is -2.27. The third kappa shape index (κ3) is 3.87. The molecule has 0 bridgehead atoms. The van der Waals surface area contributed by atoms with E-state index in [2.05, 4.69) is 16.0 Å². The Bertz CT molecular complexity index is 982. The minimum absolute atomic E-state index is 0.0506. The van der Waals surface area contributed by atoms with Crippen molar-refractivity contribution in [2.24, 2.45) is 0 Å². The average molecular weight is 380 g/mol. The van der Waals surface area contributed by atoms with Crippen molar-refractivity contribution in [3.63, 3.8) is 0 Å². The Hall–Kier alpha value is -2.82. The van der Waals surface area contributed by atoms with E-state index in [4.69, 9.17) is 0 Å². The van der Waals surface area contributed by atoms with E-state index in [0.29, 0.717) is 28.0 Å². The third-order valence-electron chi connectivity index (χ3n) is 3.65. The summed E-state index contributed by atoms with van der Waals surface area (Å²) in [5.74, 6) is -0.0506. The van der Waals surface area contributed by atoms with E-state index in [1.165, 1.54) is 29.6 Å². The molecule has 1 amide bonds. The van der Waals surface area contributed by atoms with Gasteiger partial charge < -0.3 is 0 Å². The summed E-state index contributed by atoms with van der Waals surface area (Å²) in [6, 6.07) is 12.1. The molecule has 3 aromatic rings. The normalized spacial score (nSPS) is 11.2. The number of carbonyl (C=O) groups excluding carboxylic acids is 1. The predicted molar refractivity (Wildman–Crippen MR) is 107 cm³/mol. The summed E-state index contributed by atoms with van der Waals surface area (Å²) in [5.41, 5.74) is 2.97. The number of anilines is 1. The SMILES string of the molecule is CCN(C(C)=O)c1nc(/C=C(\C#N)c2nc(-c3ccccc3)cs2)cs1. The van der Waals surface area contributed by atoms with Gasteiger partial charge in [0.25, 0.3) is 0 Å². The summed E-state index contributed by atoms with van der Waals surface area (Å²) >= 11 is 2.81. The summed E-state index contributed by atoms with van der Waals surface area (Å²) in [6.45, 7) is 3.98. The van der Waals surface area contributed by atoms with Gasteiger partial charge in [0, 0.05) is 29.8 Å². The molecule has 0 saturated heterocycles. The molecular formula is C19H16N4OS2. The molecule has 0 atom stereocenters. The minimum atomic E-state index is -0.0506. The molecule has 0 fully saturated rings. The van der Waals surface area contributed by atoms with E-state index in [9.17, 15) is 10.1 Å². The van der Waals surface area contributed by atoms with E-state index in [1.54, 1.807) is 11.0 Å². The molecule has 5 nitrogen and oxygen atoms in total. The number of thiazole rings is 2. The van der Waals surface area contributed by atoms with Crippen LogP contribution in [0.4, 0.5) is 5.13 Å². The molecule has 0 aliphatic heterocycles. The van der Waals surface area contributed by atoms with E-state index in [1.807, 2.05) is 48.0 Å².